The molecular formula is C24H33NO4. The molecule has 2 aromatic rings. The summed E-state index contributed by atoms with van der Waals surface area (Å²) in [6.07, 6.45) is 3.77. The number of benzene rings is 2. The van der Waals surface area contributed by atoms with Gasteiger partial charge in [0.25, 0.3) is 0 Å². The zero-order chi connectivity index (χ0) is 20.6. The molecule has 0 spiro atoms. The van der Waals surface area contributed by atoms with Gasteiger partial charge in [0, 0.05) is 13.1 Å². The molecule has 0 bridgehead atoms. The monoisotopic (exact) mass is 399 g/mol. The number of hydrogen-bond donors (Lipinski definition) is 1. The molecule has 0 heterocycles. The van der Waals surface area contributed by atoms with Crippen LogP contribution in [0.25, 0.3) is 0 Å². The van der Waals surface area contributed by atoms with Gasteiger partial charge in [0.1, 0.15) is 0 Å². The van der Waals surface area contributed by atoms with Crippen molar-refractivity contribution >= 4 is 0 Å². The van der Waals surface area contributed by atoms with Gasteiger partial charge in [-0.25, -0.2) is 0 Å². The molecule has 29 heavy (non-hydrogen) atoms. The highest BCUT2D eigenvalue weighted by atomic mass is 16.5. The Bertz CT molecular complexity index is 779. The van der Waals surface area contributed by atoms with Crippen LogP contribution in [-0.4, -0.2) is 57.1 Å². The first-order valence-electron chi connectivity index (χ1n) is 10.4. The molecule has 1 aliphatic carbocycles. The molecule has 0 aliphatic heterocycles. The van der Waals surface area contributed by atoms with Crippen molar-refractivity contribution < 1.29 is 19.3 Å². The molecule has 1 N–H and O–H groups in total. The van der Waals surface area contributed by atoms with Crippen molar-refractivity contribution in [3.63, 3.8) is 0 Å². The van der Waals surface area contributed by atoms with Crippen LogP contribution in [0, 0.1) is 0 Å². The summed E-state index contributed by atoms with van der Waals surface area (Å²) in [5.41, 5.74) is 3.84. The van der Waals surface area contributed by atoms with E-state index < -0.39 is 6.10 Å². The zero-order valence-electron chi connectivity index (χ0n) is 17.8. The fourth-order valence-corrected chi connectivity index (χ4v) is 3.97. The predicted molar refractivity (Wildman–Crippen MR) is 115 cm³/mol. The van der Waals surface area contributed by atoms with Crippen molar-refractivity contribution in [3.05, 3.63) is 59.2 Å². The third kappa shape index (κ3) is 5.95. The van der Waals surface area contributed by atoms with E-state index in [1.165, 1.54) is 16.7 Å². The van der Waals surface area contributed by atoms with Crippen LogP contribution in [0.3, 0.4) is 0 Å². The second kappa shape index (κ2) is 10.6. The molecule has 5 nitrogen and oxygen atoms in total. The number of likely N-dealkylation sites (N-methyl/N-ethyl adjacent to an activating group) is 1. The average molecular weight is 400 g/mol. The lowest BCUT2D eigenvalue weighted by Crippen LogP contribution is -2.34. The maximum Gasteiger partial charge on any atom is 0.160 e. The Labute approximate surface area is 174 Å². The topological polar surface area (TPSA) is 51.2 Å². The van der Waals surface area contributed by atoms with Gasteiger partial charge in [0.15, 0.2) is 11.5 Å². The van der Waals surface area contributed by atoms with Crippen LogP contribution in [0.5, 0.6) is 11.5 Å². The summed E-state index contributed by atoms with van der Waals surface area (Å²) in [6.45, 7) is 1.79. The number of methoxy groups -OCH3 is 2. The first kappa shape index (κ1) is 21.6. The van der Waals surface area contributed by atoms with Crippen molar-refractivity contribution in [3.8, 4) is 11.5 Å². The smallest absolute Gasteiger partial charge is 0.160 e. The van der Waals surface area contributed by atoms with Crippen molar-refractivity contribution in [2.45, 2.75) is 37.9 Å². The van der Waals surface area contributed by atoms with Crippen molar-refractivity contribution in [2.24, 2.45) is 0 Å². The van der Waals surface area contributed by atoms with E-state index in [9.17, 15) is 5.11 Å². The molecule has 0 fully saturated rings. The summed E-state index contributed by atoms with van der Waals surface area (Å²) in [4.78, 5) is 2.14. The lowest BCUT2D eigenvalue weighted by molar-refractivity contribution is -0.0258. The Morgan fingerprint density at radius 2 is 1.90 bits per heavy atom. The molecule has 1 aliphatic rings. The standard InChI is InChI=1S/C24H33NO4/c1-25(14-13-18-11-12-23(27-2)24(15-18)28-3)16-20(26)17-29-22-10-6-8-19-7-4-5-9-21(19)22/h4-5,7,9,11-12,15,20,22,26H,6,8,10,13-14,16-17H2,1-3H3/t20-,22-/m1/s1. The van der Waals surface area contributed by atoms with Gasteiger partial charge in [-0.3, -0.25) is 0 Å². The molecule has 0 radical (unpaired) electrons. The minimum absolute atomic E-state index is 0.103. The van der Waals surface area contributed by atoms with E-state index in [-0.39, 0.29) is 6.10 Å². The van der Waals surface area contributed by atoms with Crippen molar-refractivity contribution in [2.75, 3.05) is 41.0 Å². The van der Waals surface area contributed by atoms with E-state index in [0.29, 0.717) is 13.2 Å². The molecule has 2 atom stereocenters. The van der Waals surface area contributed by atoms with Gasteiger partial charge in [0.05, 0.1) is 33.0 Å². The molecule has 5 heteroatoms. The highest BCUT2D eigenvalue weighted by molar-refractivity contribution is 5.43. The average Bonchev–Trinajstić information content (AvgIpc) is 2.76. The van der Waals surface area contributed by atoms with Crippen molar-refractivity contribution in [1.82, 2.24) is 4.90 Å². The normalized spacial score (nSPS) is 17.1. The van der Waals surface area contributed by atoms with Gasteiger partial charge in [-0.2, -0.15) is 0 Å². The van der Waals surface area contributed by atoms with Crippen molar-refractivity contribution in [1.29, 1.82) is 0 Å². The largest absolute Gasteiger partial charge is 0.493 e. The molecular weight excluding hydrogens is 366 g/mol. The Morgan fingerprint density at radius 1 is 1.10 bits per heavy atom. The van der Waals surface area contributed by atoms with Gasteiger partial charge < -0.3 is 24.2 Å². The predicted octanol–water partition coefficient (Wildman–Crippen LogP) is 3.63. The van der Waals surface area contributed by atoms with Gasteiger partial charge in [-0.1, -0.05) is 30.3 Å². The van der Waals surface area contributed by atoms with E-state index in [1.807, 2.05) is 19.2 Å². The number of aliphatic hydroxyl groups is 1. The Balaban J connectivity index is 1.43. The van der Waals surface area contributed by atoms with Crippen LogP contribution in [0.1, 0.15) is 35.6 Å². The summed E-state index contributed by atoms with van der Waals surface area (Å²) in [5, 5.41) is 10.4. The fourth-order valence-electron chi connectivity index (χ4n) is 3.97. The second-order valence-corrected chi connectivity index (χ2v) is 7.77. The highest BCUT2D eigenvalue weighted by Gasteiger charge is 2.21. The molecule has 0 amide bonds. The lowest BCUT2D eigenvalue weighted by Gasteiger charge is -2.27. The van der Waals surface area contributed by atoms with Gasteiger partial charge in [-0.05, 0) is 61.6 Å². The number of aryl methyl sites for hydroxylation is 1. The second-order valence-electron chi connectivity index (χ2n) is 7.77. The van der Waals surface area contributed by atoms with Crippen LogP contribution in [0.4, 0.5) is 0 Å². The number of nitrogens with zero attached hydrogens (tertiary/aromatic N) is 1. The molecule has 0 unspecified atom stereocenters. The van der Waals surface area contributed by atoms with Crippen LogP contribution in [-0.2, 0) is 17.6 Å². The molecule has 158 valence electrons. The van der Waals surface area contributed by atoms with Crippen LogP contribution in [0.15, 0.2) is 42.5 Å². The number of hydrogen-bond acceptors (Lipinski definition) is 5. The number of fused-ring (bicyclic) bond motifs is 1. The minimum atomic E-state index is -0.500. The third-order valence-electron chi connectivity index (χ3n) is 5.56. The third-order valence-corrected chi connectivity index (χ3v) is 5.56. The highest BCUT2D eigenvalue weighted by Crippen LogP contribution is 2.32. The summed E-state index contributed by atoms with van der Waals surface area (Å²) in [6, 6.07) is 14.5. The molecule has 2 aromatic carbocycles. The van der Waals surface area contributed by atoms with Crippen LogP contribution in [0.2, 0.25) is 0 Å². The maximum atomic E-state index is 10.4. The molecule has 0 aromatic heterocycles. The fraction of sp³-hybridized carbons (Fsp3) is 0.500. The lowest BCUT2D eigenvalue weighted by atomic mass is 9.89. The number of rotatable bonds is 10. The quantitative estimate of drug-likeness (QED) is 0.661. The van der Waals surface area contributed by atoms with E-state index in [4.69, 9.17) is 14.2 Å². The van der Waals surface area contributed by atoms with E-state index >= 15 is 0 Å². The zero-order valence-corrected chi connectivity index (χ0v) is 17.8. The SMILES string of the molecule is COc1ccc(CCN(C)C[C@@H](O)CO[C@@H]2CCCc3ccccc32)cc1OC. The van der Waals surface area contributed by atoms with Gasteiger partial charge in [-0.15, -0.1) is 0 Å². The van der Waals surface area contributed by atoms with Crippen LogP contribution < -0.4 is 9.47 Å². The van der Waals surface area contributed by atoms with E-state index in [2.05, 4.69) is 35.2 Å². The molecule has 0 saturated heterocycles. The van der Waals surface area contributed by atoms with Crippen LogP contribution >= 0.6 is 0 Å². The van der Waals surface area contributed by atoms with E-state index in [1.54, 1.807) is 14.2 Å². The minimum Gasteiger partial charge on any atom is -0.493 e. The Morgan fingerprint density at radius 3 is 2.69 bits per heavy atom. The summed E-state index contributed by atoms with van der Waals surface area (Å²) in [5.74, 6) is 1.48. The Hall–Kier alpha value is -2.08. The molecule has 3 rings (SSSR count). The molecule has 0 saturated carbocycles. The summed E-state index contributed by atoms with van der Waals surface area (Å²) < 4.78 is 16.7. The Kier molecular flexibility index (Phi) is 7.92. The first-order valence-corrected chi connectivity index (χ1v) is 10.4. The van der Waals surface area contributed by atoms with Gasteiger partial charge >= 0.3 is 0 Å². The maximum absolute atomic E-state index is 10.4. The van der Waals surface area contributed by atoms with Gasteiger partial charge in [0.2, 0.25) is 0 Å². The van der Waals surface area contributed by atoms with E-state index in [0.717, 1.165) is 43.7 Å². The number of ether oxygens (including phenoxy) is 3. The summed E-state index contributed by atoms with van der Waals surface area (Å²) >= 11 is 0. The summed E-state index contributed by atoms with van der Waals surface area (Å²) in [7, 11) is 5.31. The number of aliphatic hydroxyl groups excluding tert-OH is 1. The first-order chi connectivity index (χ1) is 14.1.